The van der Waals surface area contributed by atoms with Crippen molar-refractivity contribution in [3.63, 3.8) is 0 Å². The van der Waals surface area contributed by atoms with Gasteiger partial charge in [-0.15, -0.1) is 0 Å². The molecule has 0 saturated carbocycles. The quantitative estimate of drug-likeness (QED) is 0.895. The molecule has 5 nitrogen and oxygen atoms in total. The Bertz CT molecular complexity index is 661. The first kappa shape index (κ1) is 17.9. The van der Waals surface area contributed by atoms with Crippen molar-refractivity contribution in [3.8, 4) is 0 Å². The lowest BCUT2D eigenvalue weighted by Gasteiger charge is -2.36. The van der Waals surface area contributed by atoms with Gasteiger partial charge in [0.2, 0.25) is 10.0 Å². The highest BCUT2D eigenvalue weighted by molar-refractivity contribution is 7.89. The number of nitrogens with one attached hydrogen (secondary N) is 1. The van der Waals surface area contributed by atoms with Crippen LogP contribution in [0.5, 0.6) is 0 Å². The highest BCUT2D eigenvalue weighted by Gasteiger charge is 2.30. The van der Waals surface area contributed by atoms with E-state index in [2.05, 4.69) is 10.2 Å². The number of aryl methyl sites for hydroxylation is 2. The lowest BCUT2D eigenvalue weighted by molar-refractivity contribution is 0.154. The standard InChI is InChI=1S/C18H29N3O2S/c1-15-5-6-16(2)18(12-15)24(22,23)21-10-8-20(9-11-21)14-17-4-3-7-19-13-17/h5-6,12,17,19H,3-4,7-11,13-14H2,1-2H3. The van der Waals surface area contributed by atoms with Crippen LogP contribution in [0.1, 0.15) is 24.0 Å². The summed E-state index contributed by atoms with van der Waals surface area (Å²) in [7, 11) is -3.38. The highest BCUT2D eigenvalue weighted by atomic mass is 32.2. The average Bonchev–Trinajstić information content (AvgIpc) is 2.58. The van der Waals surface area contributed by atoms with E-state index in [4.69, 9.17) is 0 Å². The molecule has 2 fully saturated rings. The molecule has 2 saturated heterocycles. The lowest BCUT2D eigenvalue weighted by Crippen LogP contribution is -2.50. The van der Waals surface area contributed by atoms with Gasteiger partial charge in [-0.25, -0.2) is 8.42 Å². The minimum absolute atomic E-state index is 0.465. The summed E-state index contributed by atoms with van der Waals surface area (Å²) >= 11 is 0. The Morgan fingerprint density at radius 2 is 1.92 bits per heavy atom. The van der Waals surface area contributed by atoms with Crippen molar-refractivity contribution in [2.75, 3.05) is 45.8 Å². The fourth-order valence-electron chi connectivity index (χ4n) is 3.72. The normalized spacial score (nSPS) is 24.2. The van der Waals surface area contributed by atoms with Gasteiger partial charge in [-0.05, 0) is 62.9 Å². The molecule has 0 aromatic heterocycles. The number of rotatable bonds is 4. The molecule has 1 aromatic rings. The van der Waals surface area contributed by atoms with Crippen molar-refractivity contribution in [1.29, 1.82) is 0 Å². The van der Waals surface area contributed by atoms with Gasteiger partial charge >= 0.3 is 0 Å². The van der Waals surface area contributed by atoms with E-state index in [1.165, 1.54) is 12.8 Å². The summed E-state index contributed by atoms with van der Waals surface area (Å²) in [6, 6.07) is 5.66. The van der Waals surface area contributed by atoms with Gasteiger partial charge in [-0.1, -0.05) is 12.1 Å². The van der Waals surface area contributed by atoms with Crippen molar-refractivity contribution in [2.24, 2.45) is 5.92 Å². The van der Waals surface area contributed by atoms with E-state index in [-0.39, 0.29) is 0 Å². The minimum atomic E-state index is -3.38. The lowest BCUT2D eigenvalue weighted by atomic mass is 9.99. The average molecular weight is 352 g/mol. The van der Waals surface area contributed by atoms with Crippen molar-refractivity contribution >= 4 is 10.0 Å². The van der Waals surface area contributed by atoms with Crippen LogP contribution >= 0.6 is 0 Å². The van der Waals surface area contributed by atoms with Crippen LogP contribution in [0.25, 0.3) is 0 Å². The zero-order valence-electron chi connectivity index (χ0n) is 14.8. The molecule has 3 rings (SSSR count). The second-order valence-electron chi connectivity index (χ2n) is 7.19. The fraction of sp³-hybridized carbons (Fsp3) is 0.667. The van der Waals surface area contributed by atoms with Gasteiger partial charge in [0, 0.05) is 32.7 Å². The third-order valence-corrected chi connectivity index (χ3v) is 7.25. The zero-order valence-corrected chi connectivity index (χ0v) is 15.6. The summed E-state index contributed by atoms with van der Waals surface area (Å²) in [6.45, 7) is 9.99. The van der Waals surface area contributed by atoms with Gasteiger partial charge in [0.15, 0.2) is 0 Å². The van der Waals surface area contributed by atoms with Crippen molar-refractivity contribution in [2.45, 2.75) is 31.6 Å². The Morgan fingerprint density at radius 1 is 1.17 bits per heavy atom. The molecular weight excluding hydrogens is 322 g/mol. The van der Waals surface area contributed by atoms with Crippen LogP contribution in [0, 0.1) is 19.8 Å². The van der Waals surface area contributed by atoms with E-state index in [1.54, 1.807) is 10.4 Å². The molecule has 1 unspecified atom stereocenters. The summed E-state index contributed by atoms with van der Waals surface area (Å²) in [5.74, 6) is 0.709. The topological polar surface area (TPSA) is 52.7 Å². The second kappa shape index (κ2) is 7.52. The number of piperazine rings is 1. The first-order valence-electron chi connectivity index (χ1n) is 8.97. The SMILES string of the molecule is Cc1ccc(C)c(S(=O)(=O)N2CCN(CC3CCCNC3)CC2)c1. The summed E-state index contributed by atoms with van der Waals surface area (Å²) < 4.78 is 27.6. The summed E-state index contributed by atoms with van der Waals surface area (Å²) in [4.78, 5) is 2.89. The Balaban J connectivity index is 1.62. The molecule has 0 radical (unpaired) electrons. The van der Waals surface area contributed by atoms with Crippen LogP contribution in [0.15, 0.2) is 23.1 Å². The molecular formula is C18H29N3O2S. The van der Waals surface area contributed by atoms with E-state index in [1.807, 2.05) is 26.0 Å². The molecule has 6 heteroatoms. The van der Waals surface area contributed by atoms with Gasteiger partial charge < -0.3 is 10.2 Å². The second-order valence-corrected chi connectivity index (χ2v) is 9.09. The molecule has 1 atom stereocenters. The summed E-state index contributed by atoms with van der Waals surface area (Å²) in [5.41, 5.74) is 1.82. The van der Waals surface area contributed by atoms with Crippen LogP contribution in [-0.4, -0.2) is 63.4 Å². The largest absolute Gasteiger partial charge is 0.316 e. The van der Waals surface area contributed by atoms with Gasteiger partial charge in [0.1, 0.15) is 0 Å². The van der Waals surface area contributed by atoms with Gasteiger partial charge in [-0.2, -0.15) is 4.31 Å². The van der Waals surface area contributed by atoms with Crippen molar-refractivity contribution in [3.05, 3.63) is 29.3 Å². The number of hydrogen-bond acceptors (Lipinski definition) is 4. The Labute approximate surface area is 146 Å². The predicted octanol–water partition coefficient (Wildman–Crippen LogP) is 1.61. The van der Waals surface area contributed by atoms with E-state index in [0.29, 0.717) is 23.9 Å². The number of benzene rings is 1. The molecule has 1 aromatic carbocycles. The highest BCUT2D eigenvalue weighted by Crippen LogP contribution is 2.23. The third kappa shape index (κ3) is 3.99. The summed E-state index contributed by atoms with van der Waals surface area (Å²) in [5, 5.41) is 3.46. The van der Waals surface area contributed by atoms with E-state index >= 15 is 0 Å². The number of nitrogens with zero attached hydrogens (tertiary/aromatic N) is 2. The van der Waals surface area contributed by atoms with Crippen LogP contribution in [0.2, 0.25) is 0 Å². The van der Waals surface area contributed by atoms with Crippen molar-refractivity contribution in [1.82, 2.24) is 14.5 Å². The molecule has 1 N–H and O–H groups in total. The van der Waals surface area contributed by atoms with Gasteiger partial charge in [-0.3, -0.25) is 0 Å². The maximum atomic E-state index is 13.0. The smallest absolute Gasteiger partial charge is 0.243 e. The van der Waals surface area contributed by atoms with E-state index < -0.39 is 10.0 Å². The third-order valence-electron chi connectivity index (χ3n) is 5.21. The molecule has 2 aliphatic rings. The summed E-state index contributed by atoms with van der Waals surface area (Å²) in [6.07, 6.45) is 2.54. The molecule has 0 aliphatic carbocycles. The monoisotopic (exact) mass is 351 g/mol. The van der Waals surface area contributed by atoms with Crippen LogP contribution in [0.3, 0.4) is 0 Å². The van der Waals surface area contributed by atoms with E-state index in [0.717, 1.165) is 43.9 Å². The Kier molecular flexibility index (Phi) is 5.59. The molecule has 134 valence electrons. The molecule has 0 amide bonds. The van der Waals surface area contributed by atoms with E-state index in [9.17, 15) is 8.42 Å². The Morgan fingerprint density at radius 3 is 2.58 bits per heavy atom. The molecule has 2 aliphatic heterocycles. The molecule has 2 heterocycles. The molecule has 24 heavy (non-hydrogen) atoms. The van der Waals surface area contributed by atoms with Crippen LogP contribution in [0.4, 0.5) is 0 Å². The van der Waals surface area contributed by atoms with Crippen molar-refractivity contribution < 1.29 is 8.42 Å². The first-order chi connectivity index (χ1) is 11.5. The maximum absolute atomic E-state index is 13.0. The maximum Gasteiger partial charge on any atom is 0.243 e. The predicted molar refractivity (Wildman–Crippen MR) is 96.7 cm³/mol. The van der Waals surface area contributed by atoms with Crippen LogP contribution < -0.4 is 5.32 Å². The number of sulfonamides is 1. The number of piperidine rings is 1. The molecule has 0 spiro atoms. The first-order valence-corrected chi connectivity index (χ1v) is 10.4. The molecule has 0 bridgehead atoms. The number of hydrogen-bond donors (Lipinski definition) is 1. The minimum Gasteiger partial charge on any atom is -0.316 e. The van der Waals surface area contributed by atoms with Gasteiger partial charge in [0.05, 0.1) is 4.90 Å². The van der Waals surface area contributed by atoms with Gasteiger partial charge in [0.25, 0.3) is 0 Å². The fourth-order valence-corrected chi connectivity index (χ4v) is 5.45. The Hall–Kier alpha value is -0.950. The zero-order chi connectivity index (χ0) is 17.2. The van der Waals surface area contributed by atoms with Crippen LogP contribution in [-0.2, 0) is 10.0 Å².